The summed E-state index contributed by atoms with van der Waals surface area (Å²) >= 11 is 11.5. The lowest BCUT2D eigenvalue weighted by atomic mass is 10.1. The van der Waals surface area contributed by atoms with Crippen LogP contribution in [-0.4, -0.2) is 50.6 Å². The van der Waals surface area contributed by atoms with Crippen molar-refractivity contribution in [1.29, 1.82) is 0 Å². The molecule has 1 aromatic heterocycles. The molecule has 3 rings (SSSR count). The quantitative estimate of drug-likeness (QED) is 0.460. The third kappa shape index (κ3) is 2.85. The van der Waals surface area contributed by atoms with Crippen molar-refractivity contribution in [3.05, 3.63) is 52.3 Å². The van der Waals surface area contributed by atoms with E-state index in [0.717, 1.165) is 5.69 Å². The lowest BCUT2D eigenvalue weighted by molar-refractivity contribution is -0.132. The highest BCUT2D eigenvalue weighted by molar-refractivity contribution is 7.80. The molecule has 0 spiro atoms. The lowest BCUT2D eigenvalue weighted by Gasteiger charge is -2.31. The molecule has 128 valence electrons. The molecule has 0 atom stereocenters. The number of amides is 2. The Kier molecular flexibility index (Phi) is 4.45. The van der Waals surface area contributed by atoms with Gasteiger partial charge in [0, 0.05) is 19.7 Å². The van der Waals surface area contributed by atoms with Crippen LogP contribution in [-0.2, 0) is 9.59 Å². The van der Waals surface area contributed by atoms with Crippen LogP contribution in [0.3, 0.4) is 0 Å². The number of halogens is 1. The topological polar surface area (TPSA) is 58.4 Å². The van der Waals surface area contributed by atoms with E-state index in [4.69, 9.17) is 23.8 Å². The first-order valence-corrected chi connectivity index (χ1v) is 8.24. The van der Waals surface area contributed by atoms with Gasteiger partial charge in [-0.2, -0.15) is 5.10 Å². The van der Waals surface area contributed by atoms with Crippen LogP contribution in [0.4, 0.5) is 0 Å². The second-order valence-corrected chi connectivity index (χ2v) is 6.33. The summed E-state index contributed by atoms with van der Waals surface area (Å²) in [5.41, 5.74) is 1.92. The van der Waals surface area contributed by atoms with Crippen LogP contribution in [0.15, 0.2) is 35.9 Å². The van der Waals surface area contributed by atoms with Gasteiger partial charge in [-0.05, 0) is 37.4 Å². The molecule has 1 aliphatic heterocycles. The summed E-state index contributed by atoms with van der Waals surface area (Å²) in [5.74, 6) is -0.924. The number of benzene rings is 1. The van der Waals surface area contributed by atoms with Gasteiger partial charge in [-0.15, -0.1) is 0 Å². The summed E-state index contributed by atoms with van der Waals surface area (Å²) in [7, 11) is 3.06. The standard InChI is InChI=1S/C17H15ClN4O2S/c1-10-12(14(18)22(19-10)11-7-5-4-6-8-11)9-13-15(23)20(2)17(25)21(3)16(13)24/h4-9H,1-3H3. The highest BCUT2D eigenvalue weighted by Gasteiger charge is 2.35. The number of aryl methyl sites for hydroxylation is 1. The fourth-order valence-corrected chi connectivity index (χ4v) is 3.03. The first-order chi connectivity index (χ1) is 11.8. The van der Waals surface area contributed by atoms with Crippen molar-refractivity contribution in [2.24, 2.45) is 0 Å². The number of nitrogens with zero attached hydrogens (tertiary/aromatic N) is 4. The van der Waals surface area contributed by atoms with Crippen LogP contribution in [0, 0.1) is 6.92 Å². The van der Waals surface area contributed by atoms with Gasteiger partial charge in [0.05, 0.1) is 11.4 Å². The molecule has 0 aliphatic carbocycles. The molecule has 1 saturated heterocycles. The third-order valence-electron chi connectivity index (χ3n) is 3.98. The van der Waals surface area contributed by atoms with Crippen LogP contribution in [0.25, 0.3) is 11.8 Å². The van der Waals surface area contributed by atoms with Crippen molar-refractivity contribution in [2.75, 3.05) is 14.1 Å². The van der Waals surface area contributed by atoms with Gasteiger partial charge >= 0.3 is 0 Å². The number of likely N-dealkylation sites (N-methyl/N-ethyl adjacent to an activating group) is 2. The molecule has 8 heteroatoms. The van der Waals surface area contributed by atoms with E-state index in [1.54, 1.807) is 11.6 Å². The molecule has 2 aromatic rings. The molecule has 0 N–H and O–H groups in total. The van der Waals surface area contributed by atoms with E-state index in [1.165, 1.54) is 30.0 Å². The molecule has 2 heterocycles. The van der Waals surface area contributed by atoms with E-state index in [0.29, 0.717) is 16.4 Å². The minimum atomic E-state index is -0.462. The number of hydrogen-bond donors (Lipinski definition) is 0. The van der Waals surface area contributed by atoms with Crippen LogP contribution in [0.1, 0.15) is 11.3 Å². The number of thiocarbonyl (C=S) groups is 1. The zero-order valence-electron chi connectivity index (χ0n) is 13.9. The van der Waals surface area contributed by atoms with Gasteiger partial charge in [0.2, 0.25) is 0 Å². The second kappa shape index (κ2) is 6.42. The molecule has 1 fully saturated rings. The van der Waals surface area contributed by atoms with Gasteiger partial charge < -0.3 is 0 Å². The maximum absolute atomic E-state index is 12.4. The third-order valence-corrected chi connectivity index (χ3v) is 4.89. The Hall–Kier alpha value is -2.51. The summed E-state index contributed by atoms with van der Waals surface area (Å²) in [6.45, 7) is 1.77. The molecule has 0 saturated carbocycles. The minimum Gasteiger partial charge on any atom is -0.288 e. The predicted octanol–water partition coefficient (Wildman–Crippen LogP) is 2.43. The van der Waals surface area contributed by atoms with Crippen LogP contribution < -0.4 is 0 Å². The van der Waals surface area contributed by atoms with Crippen molar-refractivity contribution in [3.63, 3.8) is 0 Å². The van der Waals surface area contributed by atoms with E-state index in [1.807, 2.05) is 30.3 Å². The Morgan fingerprint density at radius 3 is 2.20 bits per heavy atom. The number of rotatable bonds is 2. The molecule has 6 nitrogen and oxygen atoms in total. The summed E-state index contributed by atoms with van der Waals surface area (Å²) in [5, 5.41) is 4.90. The van der Waals surface area contributed by atoms with Crippen LogP contribution in [0.2, 0.25) is 5.15 Å². The maximum atomic E-state index is 12.4. The molecule has 25 heavy (non-hydrogen) atoms. The number of aromatic nitrogens is 2. The summed E-state index contributed by atoms with van der Waals surface area (Å²) < 4.78 is 1.57. The molecule has 2 amide bonds. The highest BCUT2D eigenvalue weighted by Crippen LogP contribution is 2.27. The molecular weight excluding hydrogens is 360 g/mol. The lowest BCUT2D eigenvalue weighted by Crippen LogP contribution is -2.52. The zero-order valence-corrected chi connectivity index (χ0v) is 15.4. The largest absolute Gasteiger partial charge is 0.288 e. The summed E-state index contributed by atoms with van der Waals surface area (Å²) in [6.07, 6.45) is 1.48. The van der Waals surface area contributed by atoms with Crippen molar-refractivity contribution >= 4 is 46.8 Å². The normalized spacial score (nSPS) is 15.2. The summed E-state index contributed by atoms with van der Waals surface area (Å²) in [6, 6.07) is 9.38. The monoisotopic (exact) mass is 374 g/mol. The Balaban J connectivity index is 2.10. The van der Waals surface area contributed by atoms with Crippen molar-refractivity contribution in [3.8, 4) is 5.69 Å². The molecular formula is C17H15ClN4O2S. The Morgan fingerprint density at radius 2 is 1.64 bits per heavy atom. The van der Waals surface area contributed by atoms with E-state index in [9.17, 15) is 9.59 Å². The minimum absolute atomic E-state index is 0.00351. The van der Waals surface area contributed by atoms with Gasteiger partial charge in [-0.3, -0.25) is 19.4 Å². The first kappa shape index (κ1) is 17.3. The molecule has 1 aliphatic rings. The SMILES string of the molecule is Cc1nn(-c2ccccc2)c(Cl)c1C=C1C(=O)N(C)C(=S)N(C)C1=O. The fourth-order valence-electron chi connectivity index (χ4n) is 2.53. The van der Waals surface area contributed by atoms with Gasteiger partial charge in [-0.25, -0.2) is 4.68 Å². The zero-order chi connectivity index (χ0) is 18.3. The Labute approximate surface area is 155 Å². The molecule has 0 bridgehead atoms. The van der Waals surface area contributed by atoms with E-state index in [2.05, 4.69) is 5.10 Å². The molecule has 0 unspecified atom stereocenters. The number of carbonyl (C=O) groups is 2. The second-order valence-electron chi connectivity index (χ2n) is 5.61. The van der Waals surface area contributed by atoms with E-state index in [-0.39, 0.29) is 10.7 Å². The summed E-state index contributed by atoms with van der Waals surface area (Å²) in [4.78, 5) is 27.4. The number of para-hydroxylation sites is 1. The Bertz CT molecular complexity index is 894. The fraction of sp³-hybridized carbons (Fsp3) is 0.176. The van der Waals surface area contributed by atoms with Crippen molar-refractivity contribution < 1.29 is 9.59 Å². The smallest absolute Gasteiger partial charge is 0.265 e. The predicted molar refractivity (Wildman–Crippen MR) is 99.4 cm³/mol. The van der Waals surface area contributed by atoms with Crippen LogP contribution >= 0.6 is 23.8 Å². The average molecular weight is 375 g/mol. The van der Waals surface area contributed by atoms with Gasteiger partial charge in [0.1, 0.15) is 10.7 Å². The molecule has 0 radical (unpaired) electrons. The average Bonchev–Trinajstić information content (AvgIpc) is 2.90. The maximum Gasteiger partial charge on any atom is 0.265 e. The van der Waals surface area contributed by atoms with Crippen molar-refractivity contribution in [1.82, 2.24) is 19.6 Å². The van der Waals surface area contributed by atoms with Gasteiger partial charge in [-0.1, -0.05) is 29.8 Å². The van der Waals surface area contributed by atoms with Crippen LogP contribution in [0.5, 0.6) is 0 Å². The van der Waals surface area contributed by atoms with Gasteiger partial charge in [0.15, 0.2) is 5.11 Å². The highest BCUT2D eigenvalue weighted by atomic mass is 35.5. The number of carbonyl (C=O) groups excluding carboxylic acids is 2. The molecule has 1 aromatic carbocycles. The Morgan fingerprint density at radius 1 is 1.08 bits per heavy atom. The number of hydrogen-bond acceptors (Lipinski definition) is 4. The van der Waals surface area contributed by atoms with E-state index >= 15 is 0 Å². The van der Waals surface area contributed by atoms with E-state index < -0.39 is 11.8 Å². The van der Waals surface area contributed by atoms with Crippen molar-refractivity contribution in [2.45, 2.75) is 6.92 Å². The first-order valence-electron chi connectivity index (χ1n) is 7.45. The van der Waals surface area contributed by atoms with Gasteiger partial charge in [0.25, 0.3) is 11.8 Å².